The molecule has 0 saturated heterocycles. The second-order valence-electron chi connectivity index (χ2n) is 11.5. The number of aromatic nitrogens is 6. The van der Waals surface area contributed by atoms with Crippen LogP contribution in [0.4, 0.5) is 46.5 Å². The summed E-state index contributed by atoms with van der Waals surface area (Å²) < 4.78 is 51.0. The van der Waals surface area contributed by atoms with E-state index in [1.54, 1.807) is 78.9 Å². The number of nitrogens with one attached hydrogen (secondary N) is 4. The lowest BCUT2D eigenvalue weighted by Gasteiger charge is -2.12. The highest BCUT2D eigenvalue weighted by molar-refractivity contribution is 7.94. The Morgan fingerprint density at radius 1 is 0.621 bits per heavy atom. The molecule has 0 fully saturated rings. The number of hydrogen-bond donors (Lipinski definition) is 6. The molecule has 0 radical (unpaired) electrons. The first kappa shape index (κ1) is 41.8. The van der Waals surface area contributed by atoms with E-state index in [0.29, 0.717) is 64.3 Å². The molecule has 0 aliphatic heterocycles. The summed E-state index contributed by atoms with van der Waals surface area (Å²) in [6.45, 7) is 4.85. The SMILES string of the molecule is CCOc1ccc(Nc2nc(Cl)nc(Nc3ccc(/C=C/c4ccc(Nc5nc(Cl)nc(Nc6ccc(OCC)cc6)n5)cc4S(=O)(=O)O)c(SOOO)c3)n2)cc1. The van der Waals surface area contributed by atoms with Gasteiger partial charge in [0.2, 0.25) is 34.4 Å². The van der Waals surface area contributed by atoms with Crippen molar-refractivity contribution in [3.63, 3.8) is 0 Å². The van der Waals surface area contributed by atoms with E-state index in [9.17, 15) is 13.0 Å². The van der Waals surface area contributed by atoms with Gasteiger partial charge in [0, 0.05) is 27.6 Å². The van der Waals surface area contributed by atoms with Gasteiger partial charge < -0.3 is 30.7 Å². The molecule has 6 rings (SSSR count). The molecule has 0 bridgehead atoms. The van der Waals surface area contributed by atoms with Crippen molar-refractivity contribution in [1.29, 1.82) is 0 Å². The van der Waals surface area contributed by atoms with Gasteiger partial charge in [0.25, 0.3) is 10.1 Å². The summed E-state index contributed by atoms with van der Waals surface area (Å²) >= 11 is 13.0. The minimum Gasteiger partial charge on any atom is -0.494 e. The molecule has 2 heterocycles. The molecule has 18 nitrogen and oxygen atoms in total. The Morgan fingerprint density at radius 3 is 1.48 bits per heavy atom. The van der Waals surface area contributed by atoms with Gasteiger partial charge in [-0.3, -0.25) is 4.55 Å². The number of halogens is 2. The topological polar surface area (TPSA) is 237 Å². The monoisotopic (exact) mass is 866 g/mol. The van der Waals surface area contributed by atoms with Crippen molar-refractivity contribution in [2.24, 2.45) is 0 Å². The molecular weight excluding hydrogens is 835 g/mol. The predicted octanol–water partition coefficient (Wildman–Crippen LogP) is 8.98. The van der Waals surface area contributed by atoms with Crippen molar-refractivity contribution >= 4 is 104 Å². The zero-order valence-electron chi connectivity index (χ0n) is 30.3. The van der Waals surface area contributed by atoms with Crippen LogP contribution in [0.2, 0.25) is 10.6 Å². The Kier molecular flexibility index (Phi) is 14.1. The molecular formula is C36H32Cl2N10O8S2. The summed E-state index contributed by atoms with van der Waals surface area (Å²) in [6.07, 6.45) is 3.02. The fourth-order valence-electron chi connectivity index (χ4n) is 5.07. The van der Waals surface area contributed by atoms with Crippen LogP contribution in [-0.2, 0) is 19.5 Å². The largest absolute Gasteiger partial charge is 0.494 e. The molecule has 0 saturated carbocycles. The normalized spacial score (nSPS) is 11.3. The average molecular weight is 868 g/mol. The predicted molar refractivity (Wildman–Crippen MR) is 220 cm³/mol. The van der Waals surface area contributed by atoms with Crippen LogP contribution in [0.25, 0.3) is 12.2 Å². The van der Waals surface area contributed by atoms with Crippen LogP contribution in [-0.4, -0.2) is 61.3 Å². The van der Waals surface area contributed by atoms with Gasteiger partial charge in [-0.05, 0) is 121 Å². The Morgan fingerprint density at radius 2 is 1.03 bits per heavy atom. The summed E-state index contributed by atoms with van der Waals surface area (Å²) in [5.41, 5.74) is 2.66. The van der Waals surface area contributed by atoms with E-state index in [1.807, 2.05) is 13.8 Å². The van der Waals surface area contributed by atoms with Crippen LogP contribution in [0.5, 0.6) is 11.5 Å². The lowest BCUT2D eigenvalue weighted by Crippen LogP contribution is -2.06. The smallest absolute Gasteiger partial charge is 0.295 e. The molecule has 0 aliphatic carbocycles. The molecule has 6 N–H and O–H groups in total. The van der Waals surface area contributed by atoms with Gasteiger partial charge in [-0.1, -0.05) is 29.3 Å². The molecule has 6 aromatic rings. The van der Waals surface area contributed by atoms with Gasteiger partial charge >= 0.3 is 0 Å². The van der Waals surface area contributed by atoms with Crippen LogP contribution < -0.4 is 30.7 Å². The van der Waals surface area contributed by atoms with Gasteiger partial charge in [0.15, 0.2) is 0 Å². The third kappa shape index (κ3) is 11.8. The Balaban J connectivity index is 1.19. The maximum atomic E-state index is 12.6. The minimum absolute atomic E-state index is 0.000886. The fraction of sp³-hybridized carbons (Fsp3) is 0.111. The molecule has 0 aliphatic rings. The number of rotatable bonds is 18. The van der Waals surface area contributed by atoms with Crippen LogP contribution in [0.3, 0.4) is 0 Å². The fourth-order valence-corrected chi connectivity index (χ4v) is 6.61. The third-order valence-corrected chi connectivity index (χ3v) is 9.38. The first-order valence-corrected chi connectivity index (χ1v) is 19.9. The second kappa shape index (κ2) is 19.5. The summed E-state index contributed by atoms with van der Waals surface area (Å²) in [5, 5.41) is 24.5. The quantitative estimate of drug-likeness (QED) is 0.0155. The van der Waals surface area contributed by atoms with E-state index < -0.39 is 15.0 Å². The van der Waals surface area contributed by atoms with Gasteiger partial charge in [0.05, 0.1) is 25.3 Å². The zero-order chi connectivity index (χ0) is 41.1. The van der Waals surface area contributed by atoms with Crippen molar-refractivity contribution in [1.82, 2.24) is 29.9 Å². The maximum Gasteiger partial charge on any atom is 0.295 e. The summed E-state index contributed by atoms with van der Waals surface area (Å²) in [7, 11) is -4.74. The van der Waals surface area contributed by atoms with E-state index in [1.165, 1.54) is 18.2 Å². The van der Waals surface area contributed by atoms with Gasteiger partial charge in [-0.25, -0.2) is 5.26 Å². The van der Waals surface area contributed by atoms with Gasteiger partial charge in [-0.15, -0.1) is 4.33 Å². The first-order chi connectivity index (χ1) is 28.0. The summed E-state index contributed by atoms with van der Waals surface area (Å²) in [6, 6.07) is 23.5. The Bertz CT molecular complexity index is 2510. The highest BCUT2D eigenvalue weighted by atomic mass is 35.5. The van der Waals surface area contributed by atoms with Crippen LogP contribution in [0.15, 0.2) is 94.7 Å². The van der Waals surface area contributed by atoms with Gasteiger partial charge in [0.1, 0.15) is 16.4 Å². The van der Waals surface area contributed by atoms with Crippen LogP contribution in [0.1, 0.15) is 25.0 Å². The zero-order valence-corrected chi connectivity index (χ0v) is 33.4. The molecule has 2 aromatic heterocycles. The average Bonchev–Trinajstić information content (AvgIpc) is 3.18. The second-order valence-corrected chi connectivity index (χ2v) is 14.3. The van der Waals surface area contributed by atoms with E-state index in [0.717, 1.165) is 0 Å². The molecule has 58 heavy (non-hydrogen) atoms. The molecule has 22 heteroatoms. The van der Waals surface area contributed by atoms with Crippen molar-refractivity contribution in [2.45, 2.75) is 23.6 Å². The van der Waals surface area contributed by atoms with E-state index in [2.05, 4.69) is 56.2 Å². The third-order valence-electron chi connectivity index (χ3n) is 7.47. The highest BCUT2D eigenvalue weighted by Gasteiger charge is 2.17. The summed E-state index contributed by atoms with van der Waals surface area (Å²) in [5.74, 6) is 1.80. The molecule has 300 valence electrons. The van der Waals surface area contributed by atoms with Crippen LogP contribution >= 0.6 is 35.2 Å². The lowest BCUT2D eigenvalue weighted by molar-refractivity contribution is -0.432. The van der Waals surface area contributed by atoms with Crippen molar-refractivity contribution in [3.8, 4) is 11.5 Å². The standard InChI is InChI=1S/C36H32Cl2N10O8S2/c1-3-53-27-15-11-23(12-16-27)39-33-43-31(37)45-35(47-33)41-25-9-7-21(29(19-25)57-56-55-49)5-6-22-8-10-26(20-30(22)58(50,51)52)42-36-46-32(38)44-34(48-36)40-24-13-17-28(18-14-24)54-4-2/h5-20,49H,3-4H2,1-2H3,(H,50,51,52)(H2,39,41,43,45,47)(H2,40,42,44,46,48)/b6-5+. The number of hydrogen-bond acceptors (Lipinski definition) is 18. The molecule has 0 spiro atoms. The minimum atomic E-state index is -4.74. The Labute approximate surface area is 345 Å². The number of nitrogens with zero attached hydrogens (tertiary/aromatic N) is 6. The molecule has 0 atom stereocenters. The molecule has 4 aromatic carbocycles. The first-order valence-electron chi connectivity index (χ1n) is 16.9. The number of ether oxygens (including phenoxy) is 2. The van der Waals surface area contributed by atoms with Crippen LogP contribution in [0, 0.1) is 0 Å². The van der Waals surface area contributed by atoms with Crippen molar-refractivity contribution in [2.75, 3.05) is 34.5 Å². The van der Waals surface area contributed by atoms with E-state index >= 15 is 0 Å². The molecule has 0 amide bonds. The van der Waals surface area contributed by atoms with E-state index in [-0.39, 0.29) is 45.6 Å². The van der Waals surface area contributed by atoms with E-state index in [4.69, 9.17) is 42.3 Å². The lowest BCUT2D eigenvalue weighted by atomic mass is 10.1. The Hall–Kier alpha value is -5.84. The summed E-state index contributed by atoms with van der Waals surface area (Å²) in [4.78, 5) is 25.1. The number of anilines is 8. The number of benzene rings is 4. The van der Waals surface area contributed by atoms with Gasteiger partial charge in [-0.2, -0.15) is 38.3 Å². The van der Waals surface area contributed by atoms with Crippen molar-refractivity contribution < 1.29 is 37.1 Å². The van der Waals surface area contributed by atoms with Crippen molar-refractivity contribution in [3.05, 3.63) is 107 Å². The highest BCUT2D eigenvalue weighted by Crippen LogP contribution is 2.32. The molecule has 0 unspecified atom stereocenters. The maximum absolute atomic E-state index is 12.6.